The third-order valence-corrected chi connectivity index (χ3v) is 4.94. The number of hydrogen-bond acceptors (Lipinski definition) is 4. The summed E-state index contributed by atoms with van der Waals surface area (Å²) < 4.78 is 11.9. The van der Waals surface area contributed by atoms with E-state index in [0.717, 1.165) is 11.1 Å². The van der Waals surface area contributed by atoms with Gasteiger partial charge in [0.05, 0.1) is 0 Å². The van der Waals surface area contributed by atoms with Crippen molar-refractivity contribution in [3.8, 4) is 23.5 Å². The lowest BCUT2D eigenvalue weighted by Crippen LogP contribution is -2.04. The van der Waals surface area contributed by atoms with E-state index in [1.807, 2.05) is 66.7 Å². The summed E-state index contributed by atoms with van der Waals surface area (Å²) in [5.41, 5.74) is 2.76. The molecule has 4 nitrogen and oxygen atoms in total. The second kappa shape index (κ2) is 9.75. The maximum absolute atomic E-state index is 6.03. The van der Waals surface area contributed by atoms with E-state index < -0.39 is 0 Å². The molecule has 1 heterocycles. The quantitative estimate of drug-likeness (QED) is 0.550. The van der Waals surface area contributed by atoms with E-state index in [-0.39, 0.29) is 0 Å². The molecule has 4 heteroatoms. The fourth-order valence-corrected chi connectivity index (χ4v) is 3.34. The van der Waals surface area contributed by atoms with Crippen LogP contribution < -0.4 is 9.47 Å². The van der Waals surface area contributed by atoms with Crippen LogP contribution in [0.1, 0.15) is 42.5 Å². The summed E-state index contributed by atoms with van der Waals surface area (Å²) in [4.78, 5) is 0. The maximum atomic E-state index is 6.03. The first kappa shape index (κ1) is 19.0. The van der Waals surface area contributed by atoms with Crippen LogP contribution in [0.15, 0.2) is 66.7 Å². The number of benzene rings is 2. The minimum absolute atomic E-state index is 0.385. The molecule has 0 saturated heterocycles. The Hall–Kier alpha value is -3.32. The smallest absolute Gasteiger partial charge is 0.276 e. The molecular formula is C25H24N2O2. The van der Waals surface area contributed by atoms with E-state index in [1.54, 1.807) is 0 Å². The van der Waals surface area contributed by atoms with Crippen LogP contribution >= 0.6 is 0 Å². The summed E-state index contributed by atoms with van der Waals surface area (Å²) in [6, 6.07) is 21.8. The van der Waals surface area contributed by atoms with Crippen molar-refractivity contribution in [2.45, 2.75) is 38.9 Å². The predicted octanol–water partition coefficient (Wildman–Crippen LogP) is 5.18. The molecule has 0 atom stereocenters. The molecule has 0 spiro atoms. The van der Waals surface area contributed by atoms with Crippen LogP contribution in [0.25, 0.3) is 0 Å². The zero-order valence-electron chi connectivity index (χ0n) is 16.4. The van der Waals surface area contributed by atoms with Gasteiger partial charge >= 0.3 is 0 Å². The summed E-state index contributed by atoms with van der Waals surface area (Å²) in [7, 11) is 0. The fraction of sp³-hybridized carbons (Fsp3) is 0.280. The van der Waals surface area contributed by atoms with Crippen LogP contribution in [0.3, 0.4) is 0 Å². The highest BCUT2D eigenvalue weighted by molar-refractivity contribution is 5.40. The first-order valence-corrected chi connectivity index (χ1v) is 10.1. The van der Waals surface area contributed by atoms with Gasteiger partial charge in [-0.1, -0.05) is 79.4 Å². The van der Waals surface area contributed by atoms with Gasteiger partial charge in [-0.2, -0.15) is 0 Å². The van der Waals surface area contributed by atoms with Gasteiger partial charge in [0.2, 0.25) is 0 Å². The predicted molar refractivity (Wildman–Crippen MR) is 112 cm³/mol. The van der Waals surface area contributed by atoms with Gasteiger partial charge < -0.3 is 9.47 Å². The minimum Gasteiger partial charge on any atom is -0.483 e. The molecule has 29 heavy (non-hydrogen) atoms. The molecule has 0 amide bonds. The first-order valence-electron chi connectivity index (χ1n) is 10.1. The number of ether oxygens (including phenoxy) is 2. The SMILES string of the molecule is C(#CC1CCCC1)c1cc(OCc2ccccc2)c(OCc2ccccc2)nn1. The van der Waals surface area contributed by atoms with Crippen LogP contribution in [0.4, 0.5) is 0 Å². The molecule has 0 bridgehead atoms. The van der Waals surface area contributed by atoms with Crippen molar-refractivity contribution in [2.24, 2.45) is 5.92 Å². The average molecular weight is 384 g/mol. The first-order chi connectivity index (χ1) is 14.4. The van der Waals surface area contributed by atoms with Gasteiger partial charge in [0.15, 0.2) is 5.75 Å². The number of rotatable bonds is 6. The van der Waals surface area contributed by atoms with E-state index in [9.17, 15) is 0 Å². The maximum Gasteiger partial charge on any atom is 0.276 e. The van der Waals surface area contributed by atoms with Gasteiger partial charge in [-0.05, 0) is 29.9 Å². The van der Waals surface area contributed by atoms with Gasteiger partial charge in [-0.25, -0.2) is 0 Å². The highest BCUT2D eigenvalue weighted by Gasteiger charge is 2.13. The fourth-order valence-electron chi connectivity index (χ4n) is 3.34. The molecule has 1 saturated carbocycles. The van der Waals surface area contributed by atoms with Crippen molar-refractivity contribution < 1.29 is 9.47 Å². The van der Waals surface area contributed by atoms with Gasteiger partial charge in [0.1, 0.15) is 18.9 Å². The molecule has 1 fully saturated rings. The molecule has 0 N–H and O–H groups in total. The standard InChI is InChI=1S/C25H24N2O2/c1-3-11-21(12-4-1)18-28-24-17-23(16-15-20-9-7-8-10-20)26-27-25(24)29-19-22-13-5-2-6-14-22/h1-6,11-14,17,20H,7-10,18-19H2. The molecule has 146 valence electrons. The van der Waals surface area contributed by atoms with E-state index in [4.69, 9.17) is 9.47 Å². The lowest BCUT2D eigenvalue weighted by atomic mass is 10.1. The van der Waals surface area contributed by atoms with Crippen molar-refractivity contribution in [3.63, 3.8) is 0 Å². The average Bonchev–Trinajstić information content (AvgIpc) is 3.30. The van der Waals surface area contributed by atoms with E-state index in [2.05, 4.69) is 22.0 Å². The van der Waals surface area contributed by atoms with E-state index in [0.29, 0.717) is 36.5 Å². The highest BCUT2D eigenvalue weighted by atomic mass is 16.5. The monoisotopic (exact) mass is 384 g/mol. The summed E-state index contributed by atoms with van der Waals surface area (Å²) in [5.74, 6) is 7.92. The van der Waals surface area contributed by atoms with Crippen LogP contribution in [0.5, 0.6) is 11.6 Å². The van der Waals surface area contributed by atoms with Crippen molar-refractivity contribution in [3.05, 3.63) is 83.6 Å². The second-order valence-corrected chi connectivity index (χ2v) is 7.20. The Labute approximate surface area is 171 Å². The molecule has 0 unspecified atom stereocenters. The van der Waals surface area contributed by atoms with Gasteiger partial charge in [0.25, 0.3) is 5.88 Å². The molecule has 1 aliphatic rings. The van der Waals surface area contributed by atoms with Gasteiger partial charge in [0, 0.05) is 12.0 Å². The van der Waals surface area contributed by atoms with Crippen molar-refractivity contribution >= 4 is 0 Å². The van der Waals surface area contributed by atoms with E-state index in [1.165, 1.54) is 25.7 Å². The Morgan fingerprint density at radius 2 is 1.41 bits per heavy atom. The highest BCUT2D eigenvalue weighted by Crippen LogP contribution is 2.27. The lowest BCUT2D eigenvalue weighted by Gasteiger charge is -2.12. The largest absolute Gasteiger partial charge is 0.483 e. The van der Waals surface area contributed by atoms with Gasteiger partial charge in [-0.15, -0.1) is 10.2 Å². The van der Waals surface area contributed by atoms with Gasteiger partial charge in [-0.3, -0.25) is 0 Å². The van der Waals surface area contributed by atoms with E-state index >= 15 is 0 Å². The Morgan fingerprint density at radius 3 is 2.07 bits per heavy atom. The molecule has 0 aliphatic heterocycles. The molecule has 3 aromatic rings. The Morgan fingerprint density at radius 1 is 0.793 bits per heavy atom. The van der Waals surface area contributed by atoms with Crippen LogP contribution in [0, 0.1) is 17.8 Å². The van der Waals surface area contributed by atoms with Crippen molar-refractivity contribution in [1.29, 1.82) is 0 Å². The summed E-state index contributed by atoms with van der Waals surface area (Å²) in [6.45, 7) is 0.841. The molecule has 1 aliphatic carbocycles. The minimum atomic E-state index is 0.385. The molecular weight excluding hydrogens is 360 g/mol. The Bertz CT molecular complexity index is 972. The zero-order valence-corrected chi connectivity index (χ0v) is 16.4. The Balaban J connectivity index is 1.51. The van der Waals surface area contributed by atoms with Crippen molar-refractivity contribution in [2.75, 3.05) is 0 Å². The zero-order chi connectivity index (χ0) is 19.7. The lowest BCUT2D eigenvalue weighted by molar-refractivity contribution is 0.244. The van der Waals surface area contributed by atoms with Crippen molar-refractivity contribution in [1.82, 2.24) is 10.2 Å². The summed E-state index contributed by atoms with van der Waals surface area (Å²) in [6.07, 6.45) is 4.89. The normalized spacial score (nSPS) is 13.5. The molecule has 0 radical (unpaired) electrons. The molecule has 1 aromatic heterocycles. The number of aromatic nitrogens is 2. The third kappa shape index (κ3) is 5.58. The summed E-state index contributed by atoms with van der Waals surface area (Å²) in [5, 5.41) is 8.49. The second-order valence-electron chi connectivity index (χ2n) is 7.20. The van der Waals surface area contributed by atoms with Crippen LogP contribution in [0.2, 0.25) is 0 Å². The molecule has 4 rings (SSSR count). The molecule has 2 aromatic carbocycles. The Kier molecular flexibility index (Phi) is 6.39. The number of nitrogens with zero attached hydrogens (tertiary/aromatic N) is 2. The van der Waals surface area contributed by atoms with Crippen LogP contribution in [-0.4, -0.2) is 10.2 Å². The summed E-state index contributed by atoms with van der Waals surface area (Å²) >= 11 is 0. The topological polar surface area (TPSA) is 44.2 Å². The van der Waals surface area contributed by atoms with Crippen LogP contribution in [-0.2, 0) is 13.2 Å². The third-order valence-electron chi connectivity index (χ3n) is 4.94. The number of hydrogen-bond donors (Lipinski definition) is 0.